The standard InChI is InChI=1S/C12H21N3/c1-4-6-7-11-9-10(3)14-12(15-11)13-8-5-2/h9H,4-8H2,1-3H3,(H,13,14,15). The van der Waals surface area contributed by atoms with Gasteiger partial charge in [0.05, 0.1) is 0 Å². The van der Waals surface area contributed by atoms with Gasteiger partial charge in [0.15, 0.2) is 0 Å². The normalized spacial score (nSPS) is 10.3. The van der Waals surface area contributed by atoms with Crippen LogP contribution in [0.15, 0.2) is 6.07 Å². The molecule has 0 spiro atoms. The Morgan fingerprint density at radius 1 is 1.20 bits per heavy atom. The molecule has 0 saturated carbocycles. The van der Waals surface area contributed by atoms with Crippen molar-refractivity contribution >= 4 is 5.95 Å². The van der Waals surface area contributed by atoms with Crippen LogP contribution >= 0.6 is 0 Å². The van der Waals surface area contributed by atoms with E-state index in [9.17, 15) is 0 Å². The summed E-state index contributed by atoms with van der Waals surface area (Å²) in [5, 5.41) is 3.23. The second kappa shape index (κ2) is 6.38. The van der Waals surface area contributed by atoms with E-state index in [0.29, 0.717) is 0 Å². The Hall–Kier alpha value is -1.12. The van der Waals surface area contributed by atoms with Crippen LogP contribution in [0.25, 0.3) is 0 Å². The molecule has 0 amide bonds. The summed E-state index contributed by atoms with van der Waals surface area (Å²) in [7, 11) is 0. The quantitative estimate of drug-likeness (QED) is 0.779. The Morgan fingerprint density at radius 2 is 2.00 bits per heavy atom. The molecule has 0 radical (unpaired) electrons. The van der Waals surface area contributed by atoms with E-state index < -0.39 is 0 Å². The fourth-order valence-corrected chi connectivity index (χ4v) is 1.44. The minimum atomic E-state index is 0.781. The summed E-state index contributed by atoms with van der Waals surface area (Å²) >= 11 is 0. The number of aromatic nitrogens is 2. The third-order valence-electron chi connectivity index (χ3n) is 2.23. The van der Waals surface area contributed by atoms with Gasteiger partial charge in [0.1, 0.15) is 0 Å². The maximum Gasteiger partial charge on any atom is 0.223 e. The summed E-state index contributed by atoms with van der Waals surface area (Å²) < 4.78 is 0. The molecule has 0 unspecified atom stereocenters. The second-order valence-corrected chi connectivity index (χ2v) is 3.85. The Kier molecular flexibility index (Phi) is 5.08. The minimum absolute atomic E-state index is 0.781. The van der Waals surface area contributed by atoms with Crippen LogP contribution < -0.4 is 5.32 Å². The number of nitrogens with one attached hydrogen (secondary N) is 1. The van der Waals surface area contributed by atoms with Crippen LogP contribution in [0.1, 0.15) is 44.5 Å². The van der Waals surface area contributed by atoms with E-state index in [0.717, 1.165) is 36.7 Å². The summed E-state index contributed by atoms with van der Waals surface area (Å²) in [5.41, 5.74) is 2.21. The molecule has 0 bridgehead atoms. The average Bonchev–Trinajstić information content (AvgIpc) is 2.23. The summed E-state index contributed by atoms with van der Waals surface area (Å²) in [4.78, 5) is 8.84. The summed E-state index contributed by atoms with van der Waals surface area (Å²) in [5.74, 6) is 0.781. The van der Waals surface area contributed by atoms with Gasteiger partial charge in [-0.3, -0.25) is 0 Å². The third-order valence-corrected chi connectivity index (χ3v) is 2.23. The van der Waals surface area contributed by atoms with Gasteiger partial charge in [-0.15, -0.1) is 0 Å². The van der Waals surface area contributed by atoms with Crippen LogP contribution in [0.2, 0.25) is 0 Å². The molecule has 0 aliphatic heterocycles. The molecule has 84 valence electrons. The molecule has 1 rings (SSSR count). The lowest BCUT2D eigenvalue weighted by molar-refractivity contribution is 0.770. The molecule has 0 fully saturated rings. The lowest BCUT2D eigenvalue weighted by Gasteiger charge is -2.06. The lowest BCUT2D eigenvalue weighted by atomic mass is 10.2. The highest BCUT2D eigenvalue weighted by Gasteiger charge is 2.00. The number of anilines is 1. The molecule has 1 N–H and O–H groups in total. The summed E-state index contributed by atoms with van der Waals surface area (Å²) in [6, 6.07) is 2.08. The Bertz CT molecular complexity index is 271. The van der Waals surface area contributed by atoms with E-state index in [2.05, 4.69) is 35.2 Å². The number of rotatable bonds is 6. The fraction of sp³-hybridized carbons (Fsp3) is 0.667. The van der Waals surface area contributed by atoms with Crippen molar-refractivity contribution in [3.8, 4) is 0 Å². The van der Waals surface area contributed by atoms with Crippen LogP contribution in [0, 0.1) is 6.92 Å². The van der Waals surface area contributed by atoms with Crippen LogP contribution in [-0.2, 0) is 6.42 Å². The molecular formula is C12H21N3. The number of hydrogen-bond donors (Lipinski definition) is 1. The van der Waals surface area contributed by atoms with Gasteiger partial charge < -0.3 is 5.32 Å². The molecule has 3 heteroatoms. The fourth-order valence-electron chi connectivity index (χ4n) is 1.44. The maximum atomic E-state index is 4.49. The van der Waals surface area contributed by atoms with Crippen molar-refractivity contribution in [2.45, 2.75) is 46.5 Å². The topological polar surface area (TPSA) is 37.8 Å². The van der Waals surface area contributed by atoms with Crippen molar-refractivity contribution in [2.24, 2.45) is 0 Å². The number of unbranched alkanes of at least 4 members (excludes halogenated alkanes) is 1. The molecule has 0 saturated heterocycles. The van der Waals surface area contributed by atoms with Crippen molar-refractivity contribution in [1.29, 1.82) is 0 Å². The highest BCUT2D eigenvalue weighted by molar-refractivity contribution is 5.27. The van der Waals surface area contributed by atoms with Gasteiger partial charge in [-0.1, -0.05) is 20.3 Å². The van der Waals surface area contributed by atoms with Crippen molar-refractivity contribution in [2.75, 3.05) is 11.9 Å². The number of aryl methyl sites for hydroxylation is 2. The average molecular weight is 207 g/mol. The molecule has 1 aromatic rings. The molecule has 0 aliphatic rings. The number of hydrogen-bond acceptors (Lipinski definition) is 3. The van der Waals surface area contributed by atoms with E-state index in [1.54, 1.807) is 0 Å². The molecular weight excluding hydrogens is 186 g/mol. The zero-order valence-corrected chi connectivity index (χ0v) is 10.0. The first kappa shape index (κ1) is 12.0. The first-order valence-corrected chi connectivity index (χ1v) is 5.84. The van der Waals surface area contributed by atoms with Crippen LogP contribution in [0.5, 0.6) is 0 Å². The van der Waals surface area contributed by atoms with Gasteiger partial charge in [-0.05, 0) is 32.3 Å². The van der Waals surface area contributed by atoms with Crippen molar-refractivity contribution < 1.29 is 0 Å². The zero-order chi connectivity index (χ0) is 11.1. The van der Waals surface area contributed by atoms with Gasteiger partial charge in [-0.2, -0.15) is 0 Å². The van der Waals surface area contributed by atoms with Gasteiger partial charge >= 0.3 is 0 Å². The second-order valence-electron chi connectivity index (χ2n) is 3.85. The minimum Gasteiger partial charge on any atom is -0.354 e. The monoisotopic (exact) mass is 207 g/mol. The van der Waals surface area contributed by atoms with E-state index in [1.165, 1.54) is 12.8 Å². The number of nitrogens with zero attached hydrogens (tertiary/aromatic N) is 2. The van der Waals surface area contributed by atoms with Crippen LogP contribution in [0.4, 0.5) is 5.95 Å². The van der Waals surface area contributed by atoms with E-state index in [-0.39, 0.29) is 0 Å². The first-order chi connectivity index (χ1) is 7.26. The Labute approximate surface area is 92.3 Å². The Balaban J connectivity index is 2.66. The summed E-state index contributed by atoms with van der Waals surface area (Å²) in [6.07, 6.45) is 4.56. The SMILES string of the molecule is CCCCc1cc(C)nc(NCCC)n1. The molecule has 1 aromatic heterocycles. The van der Waals surface area contributed by atoms with Gasteiger partial charge in [-0.25, -0.2) is 9.97 Å². The van der Waals surface area contributed by atoms with Gasteiger partial charge in [0, 0.05) is 17.9 Å². The van der Waals surface area contributed by atoms with E-state index in [1.807, 2.05) is 6.92 Å². The predicted molar refractivity (Wildman–Crippen MR) is 64.2 cm³/mol. The molecule has 3 nitrogen and oxygen atoms in total. The molecule has 0 aromatic carbocycles. The largest absolute Gasteiger partial charge is 0.354 e. The lowest BCUT2D eigenvalue weighted by Crippen LogP contribution is -2.07. The highest BCUT2D eigenvalue weighted by atomic mass is 15.1. The summed E-state index contributed by atoms with van der Waals surface area (Å²) in [6.45, 7) is 7.30. The molecule has 15 heavy (non-hydrogen) atoms. The molecule has 0 atom stereocenters. The van der Waals surface area contributed by atoms with Crippen LogP contribution in [0.3, 0.4) is 0 Å². The molecule has 1 heterocycles. The predicted octanol–water partition coefficient (Wildman–Crippen LogP) is 2.95. The van der Waals surface area contributed by atoms with E-state index in [4.69, 9.17) is 0 Å². The maximum absolute atomic E-state index is 4.49. The Morgan fingerprint density at radius 3 is 2.67 bits per heavy atom. The van der Waals surface area contributed by atoms with Gasteiger partial charge in [0.2, 0.25) is 5.95 Å². The molecule has 0 aliphatic carbocycles. The smallest absolute Gasteiger partial charge is 0.223 e. The zero-order valence-electron chi connectivity index (χ0n) is 10.0. The van der Waals surface area contributed by atoms with Crippen molar-refractivity contribution in [3.63, 3.8) is 0 Å². The highest BCUT2D eigenvalue weighted by Crippen LogP contribution is 2.07. The van der Waals surface area contributed by atoms with Gasteiger partial charge in [0.25, 0.3) is 0 Å². The first-order valence-electron chi connectivity index (χ1n) is 5.84. The van der Waals surface area contributed by atoms with Crippen LogP contribution in [-0.4, -0.2) is 16.5 Å². The third kappa shape index (κ3) is 4.28. The van der Waals surface area contributed by atoms with Crippen molar-refractivity contribution in [3.05, 3.63) is 17.5 Å². The van der Waals surface area contributed by atoms with Crippen molar-refractivity contribution in [1.82, 2.24) is 9.97 Å². The van der Waals surface area contributed by atoms with E-state index >= 15 is 0 Å².